The molecule has 0 spiro atoms. The summed E-state index contributed by atoms with van der Waals surface area (Å²) in [5.41, 5.74) is 6.82. The van der Waals surface area contributed by atoms with Crippen molar-refractivity contribution < 1.29 is 0 Å². The van der Waals surface area contributed by atoms with Gasteiger partial charge in [-0.25, -0.2) is 0 Å². The van der Waals surface area contributed by atoms with E-state index in [4.69, 9.17) is 0 Å². The maximum absolute atomic E-state index is 9.64. The zero-order valence-electron chi connectivity index (χ0n) is 24.3. The summed E-state index contributed by atoms with van der Waals surface area (Å²) < 4.78 is 0. The van der Waals surface area contributed by atoms with E-state index in [2.05, 4.69) is 150 Å². The predicted molar refractivity (Wildman–Crippen MR) is 176 cm³/mol. The lowest BCUT2D eigenvalue weighted by Gasteiger charge is -2.58. The van der Waals surface area contributed by atoms with Crippen LogP contribution in [0.15, 0.2) is 134 Å². The van der Waals surface area contributed by atoms with E-state index in [0.717, 1.165) is 23.1 Å². The molecular weight excluding hydrogens is 512 g/mol. The minimum atomic E-state index is -0.401. The SMILES string of the molecule is C=C/C(=C\C(C#N)NC)c1ccccc1-c1ccccc1N1C2C=CC=CC2N(c2ccccc2)C2CC(C)C=CC21. The van der Waals surface area contributed by atoms with Crippen molar-refractivity contribution in [1.29, 1.82) is 5.26 Å². The van der Waals surface area contributed by atoms with Gasteiger partial charge in [0.05, 0.1) is 30.2 Å². The fourth-order valence-corrected chi connectivity index (χ4v) is 6.92. The van der Waals surface area contributed by atoms with Crippen LogP contribution in [0.2, 0.25) is 0 Å². The lowest BCUT2D eigenvalue weighted by atomic mass is 9.79. The number of piperazine rings is 1. The molecule has 0 amide bonds. The van der Waals surface area contributed by atoms with Gasteiger partial charge in [-0.15, -0.1) is 0 Å². The van der Waals surface area contributed by atoms with Crippen LogP contribution in [0.5, 0.6) is 0 Å². The first-order valence-electron chi connectivity index (χ1n) is 14.9. The maximum atomic E-state index is 9.64. The van der Waals surface area contributed by atoms with Gasteiger partial charge in [-0.1, -0.05) is 117 Å². The molecule has 3 aromatic carbocycles. The standard InChI is InChI=1S/C38H38N4/c1-4-28(25-29(26-39)40-3)31-16-8-9-17-32(31)33-18-10-11-19-34(33)42-36-21-13-12-20-35(36)41(30-14-6-5-7-15-30)38-24-27(2)22-23-37(38)42/h4-23,25,27,29,35-38,40H,1,24H2,2-3H3/b28-25+. The first-order chi connectivity index (χ1) is 20.6. The van der Waals surface area contributed by atoms with Crippen molar-refractivity contribution in [2.24, 2.45) is 5.92 Å². The monoisotopic (exact) mass is 550 g/mol. The smallest absolute Gasteiger partial charge is 0.115 e. The third-order valence-electron chi connectivity index (χ3n) is 8.82. The van der Waals surface area contributed by atoms with Crippen LogP contribution in [0.4, 0.5) is 11.4 Å². The number of fused-ring (bicyclic) bond motifs is 2. The number of benzene rings is 3. The first kappa shape index (κ1) is 27.6. The molecule has 42 heavy (non-hydrogen) atoms. The average molecular weight is 551 g/mol. The van der Waals surface area contributed by atoms with Gasteiger partial charge in [0.15, 0.2) is 0 Å². The van der Waals surface area contributed by atoms with Gasteiger partial charge in [-0.3, -0.25) is 0 Å². The number of allylic oxidation sites excluding steroid dienone is 5. The Hall–Kier alpha value is -4.59. The molecule has 0 saturated carbocycles. The Morgan fingerprint density at radius 3 is 2.24 bits per heavy atom. The minimum Gasteiger partial charge on any atom is -0.357 e. The first-order valence-corrected chi connectivity index (χ1v) is 14.9. The van der Waals surface area contributed by atoms with Crippen molar-refractivity contribution in [3.05, 3.63) is 140 Å². The van der Waals surface area contributed by atoms with Gasteiger partial charge in [0, 0.05) is 16.9 Å². The molecule has 1 N–H and O–H groups in total. The van der Waals surface area contributed by atoms with Crippen molar-refractivity contribution >= 4 is 16.9 Å². The Kier molecular flexibility index (Phi) is 7.95. The van der Waals surface area contributed by atoms with Gasteiger partial charge < -0.3 is 15.1 Å². The van der Waals surface area contributed by atoms with Gasteiger partial charge in [-0.2, -0.15) is 5.26 Å². The lowest BCUT2D eigenvalue weighted by molar-refractivity contribution is 0.337. The fraction of sp³-hybridized carbons (Fsp3) is 0.237. The molecule has 3 aromatic rings. The van der Waals surface area contributed by atoms with Gasteiger partial charge in [0.25, 0.3) is 0 Å². The van der Waals surface area contributed by atoms with Crippen molar-refractivity contribution in [2.75, 3.05) is 16.8 Å². The molecule has 3 aliphatic rings. The Labute approximate surface area is 250 Å². The van der Waals surface area contributed by atoms with Crippen LogP contribution in [-0.4, -0.2) is 37.3 Å². The highest BCUT2D eigenvalue weighted by molar-refractivity contribution is 5.91. The third kappa shape index (κ3) is 5.02. The minimum absolute atomic E-state index is 0.157. The van der Waals surface area contributed by atoms with E-state index in [1.807, 2.05) is 12.2 Å². The van der Waals surface area contributed by atoms with Gasteiger partial charge in [0.1, 0.15) is 6.04 Å². The van der Waals surface area contributed by atoms with Crippen LogP contribution in [-0.2, 0) is 0 Å². The Bertz CT molecular complexity index is 1590. The number of hydrogen-bond acceptors (Lipinski definition) is 4. The predicted octanol–water partition coefficient (Wildman–Crippen LogP) is 7.56. The molecule has 0 bridgehead atoms. The van der Waals surface area contributed by atoms with E-state index in [-0.39, 0.29) is 18.1 Å². The largest absolute Gasteiger partial charge is 0.357 e. The number of rotatable bonds is 7. The zero-order chi connectivity index (χ0) is 29.1. The number of nitrogens with zero attached hydrogens (tertiary/aromatic N) is 3. The second-order valence-corrected chi connectivity index (χ2v) is 11.3. The Morgan fingerprint density at radius 2 is 1.52 bits per heavy atom. The molecule has 6 unspecified atom stereocenters. The quantitative estimate of drug-likeness (QED) is 0.244. The highest BCUT2D eigenvalue weighted by atomic mass is 15.4. The Balaban J connectivity index is 1.52. The molecule has 4 nitrogen and oxygen atoms in total. The average Bonchev–Trinajstić information content (AvgIpc) is 3.05. The highest BCUT2D eigenvalue weighted by Crippen LogP contribution is 2.45. The number of likely N-dealkylation sites (N-methyl/N-ethyl adjacent to an activating group) is 1. The van der Waals surface area contributed by atoms with Gasteiger partial charge >= 0.3 is 0 Å². The second-order valence-electron chi connectivity index (χ2n) is 11.3. The molecule has 1 heterocycles. The zero-order valence-corrected chi connectivity index (χ0v) is 24.3. The van der Waals surface area contributed by atoms with E-state index in [0.29, 0.717) is 12.0 Å². The molecule has 2 aliphatic carbocycles. The van der Waals surface area contributed by atoms with Crippen LogP contribution in [0.1, 0.15) is 18.9 Å². The summed E-state index contributed by atoms with van der Waals surface area (Å²) in [6.45, 7) is 6.44. The maximum Gasteiger partial charge on any atom is 0.115 e. The van der Waals surface area contributed by atoms with E-state index < -0.39 is 6.04 Å². The fourth-order valence-electron chi connectivity index (χ4n) is 6.92. The molecule has 1 fully saturated rings. The molecule has 210 valence electrons. The van der Waals surface area contributed by atoms with Crippen molar-refractivity contribution in [3.63, 3.8) is 0 Å². The van der Waals surface area contributed by atoms with E-state index in [1.54, 1.807) is 7.05 Å². The topological polar surface area (TPSA) is 42.3 Å². The lowest BCUT2D eigenvalue weighted by Crippen LogP contribution is -2.69. The van der Waals surface area contributed by atoms with Gasteiger partial charge in [0.2, 0.25) is 0 Å². The number of nitrogens with one attached hydrogen (secondary N) is 1. The van der Waals surface area contributed by atoms with Crippen molar-refractivity contribution in [3.8, 4) is 17.2 Å². The van der Waals surface area contributed by atoms with E-state index >= 15 is 0 Å². The Morgan fingerprint density at radius 1 is 0.857 bits per heavy atom. The molecule has 1 aliphatic heterocycles. The van der Waals surface area contributed by atoms with Crippen molar-refractivity contribution in [2.45, 2.75) is 43.6 Å². The summed E-state index contributed by atoms with van der Waals surface area (Å²) in [5, 5.41) is 12.7. The molecule has 6 rings (SSSR count). The van der Waals surface area contributed by atoms with Crippen LogP contribution >= 0.6 is 0 Å². The van der Waals surface area contributed by atoms with Crippen molar-refractivity contribution in [1.82, 2.24) is 5.32 Å². The summed E-state index contributed by atoms with van der Waals surface area (Å²) in [4.78, 5) is 5.33. The van der Waals surface area contributed by atoms with E-state index in [1.165, 1.54) is 16.9 Å². The molecule has 6 atom stereocenters. The van der Waals surface area contributed by atoms with Crippen LogP contribution < -0.4 is 15.1 Å². The van der Waals surface area contributed by atoms with Crippen LogP contribution in [0, 0.1) is 17.2 Å². The summed E-state index contributed by atoms with van der Waals surface area (Å²) in [6.07, 6.45) is 18.9. The number of nitriles is 1. The molecule has 4 heteroatoms. The highest BCUT2D eigenvalue weighted by Gasteiger charge is 2.47. The number of anilines is 2. The van der Waals surface area contributed by atoms with Crippen LogP contribution in [0.3, 0.4) is 0 Å². The summed E-state index contributed by atoms with van der Waals surface area (Å²) >= 11 is 0. The number of hydrogen-bond donors (Lipinski definition) is 1. The molecular formula is C38H38N4. The number of para-hydroxylation sites is 2. The summed E-state index contributed by atoms with van der Waals surface area (Å²) in [5.74, 6) is 0.510. The third-order valence-corrected chi connectivity index (χ3v) is 8.82. The normalized spacial score (nSPS) is 25.4. The molecule has 0 aromatic heterocycles. The molecule has 0 radical (unpaired) electrons. The summed E-state index contributed by atoms with van der Waals surface area (Å²) in [6, 6.07) is 31.0. The van der Waals surface area contributed by atoms with Gasteiger partial charge in [-0.05, 0) is 60.4 Å². The summed E-state index contributed by atoms with van der Waals surface area (Å²) in [7, 11) is 1.80. The van der Waals surface area contributed by atoms with E-state index in [9.17, 15) is 5.26 Å². The van der Waals surface area contributed by atoms with Crippen LogP contribution in [0.25, 0.3) is 16.7 Å². The second kappa shape index (κ2) is 12.1. The molecule has 1 saturated heterocycles.